The van der Waals surface area contributed by atoms with Crippen LogP contribution in [-0.4, -0.2) is 50.0 Å². The predicted molar refractivity (Wildman–Crippen MR) is 74.4 cm³/mol. The van der Waals surface area contributed by atoms with Gasteiger partial charge in [-0.25, -0.2) is 4.79 Å². The zero-order valence-corrected chi connectivity index (χ0v) is 11.8. The van der Waals surface area contributed by atoms with E-state index in [-0.39, 0.29) is 12.2 Å². The summed E-state index contributed by atoms with van der Waals surface area (Å²) in [6, 6.07) is 9.66. The highest BCUT2D eigenvalue weighted by Crippen LogP contribution is 2.09. The fraction of sp³-hybridized carbons (Fsp3) is 0.533. The van der Waals surface area contributed by atoms with E-state index in [4.69, 9.17) is 14.2 Å². The van der Waals surface area contributed by atoms with Crippen LogP contribution in [0, 0.1) is 0 Å². The molecule has 1 atom stereocenters. The van der Waals surface area contributed by atoms with Crippen LogP contribution in [0.2, 0.25) is 0 Å². The second kappa shape index (κ2) is 7.87. The third kappa shape index (κ3) is 4.51. The average molecular weight is 279 g/mol. The van der Waals surface area contributed by atoms with E-state index >= 15 is 0 Å². The van der Waals surface area contributed by atoms with Gasteiger partial charge in [0, 0.05) is 13.2 Å². The molecule has 0 unspecified atom stereocenters. The van der Waals surface area contributed by atoms with Gasteiger partial charge in [0.25, 0.3) is 0 Å². The Balaban J connectivity index is 1.77. The predicted octanol–water partition coefficient (Wildman–Crippen LogP) is 2.06. The van der Waals surface area contributed by atoms with E-state index in [0.29, 0.717) is 39.5 Å². The first-order valence-corrected chi connectivity index (χ1v) is 6.94. The van der Waals surface area contributed by atoms with Crippen LogP contribution in [0.25, 0.3) is 0 Å². The second-order valence-corrected chi connectivity index (χ2v) is 4.64. The Morgan fingerprint density at radius 3 is 2.95 bits per heavy atom. The Morgan fingerprint density at radius 2 is 2.20 bits per heavy atom. The van der Waals surface area contributed by atoms with Crippen LogP contribution in [0.15, 0.2) is 30.3 Å². The van der Waals surface area contributed by atoms with Gasteiger partial charge in [0.15, 0.2) is 0 Å². The maximum Gasteiger partial charge on any atom is 0.410 e. The first kappa shape index (κ1) is 14.8. The number of nitrogens with zero attached hydrogens (tertiary/aromatic N) is 1. The lowest BCUT2D eigenvalue weighted by atomic mass is 10.2. The van der Waals surface area contributed by atoms with Crippen molar-refractivity contribution < 1.29 is 19.0 Å². The lowest BCUT2D eigenvalue weighted by Crippen LogP contribution is -2.47. The first-order chi connectivity index (χ1) is 9.79. The molecule has 1 saturated heterocycles. The molecular weight excluding hydrogens is 258 g/mol. The van der Waals surface area contributed by atoms with Gasteiger partial charge in [0.1, 0.15) is 6.61 Å². The Kier molecular flexibility index (Phi) is 5.83. The van der Waals surface area contributed by atoms with Gasteiger partial charge in [0.2, 0.25) is 0 Å². The van der Waals surface area contributed by atoms with Crippen LogP contribution < -0.4 is 0 Å². The van der Waals surface area contributed by atoms with Gasteiger partial charge in [-0.05, 0) is 12.5 Å². The molecule has 0 N–H and O–H groups in total. The summed E-state index contributed by atoms with van der Waals surface area (Å²) in [6.07, 6.45) is -0.355. The fourth-order valence-corrected chi connectivity index (χ4v) is 2.05. The number of hydrogen-bond acceptors (Lipinski definition) is 4. The molecule has 2 rings (SSSR count). The van der Waals surface area contributed by atoms with Crippen molar-refractivity contribution in [3.05, 3.63) is 35.9 Å². The summed E-state index contributed by atoms with van der Waals surface area (Å²) in [5, 5.41) is 0. The second-order valence-electron chi connectivity index (χ2n) is 4.64. The average Bonchev–Trinajstić information content (AvgIpc) is 2.52. The lowest BCUT2D eigenvalue weighted by molar-refractivity contribution is -0.0644. The van der Waals surface area contributed by atoms with E-state index in [9.17, 15) is 4.79 Å². The number of carbonyl (C=O) groups excluding carboxylic acids is 1. The van der Waals surface area contributed by atoms with Crippen LogP contribution in [0.5, 0.6) is 0 Å². The molecule has 1 heterocycles. The maximum absolute atomic E-state index is 12.0. The summed E-state index contributed by atoms with van der Waals surface area (Å²) < 4.78 is 16.2. The van der Waals surface area contributed by atoms with E-state index in [1.54, 1.807) is 4.90 Å². The van der Waals surface area contributed by atoms with Gasteiger partial charge in [-0.2, -0.15) is 0 Å². The zero-order valence-electron chi connectivity index (χ0n) is 11.8. The number of morpholine rings is 1. The summed E-state index contributed by atoms with van der Waals surface area (Å²) in [7, 11) is 0. The zero-order chi connectivity index (χ0) is 14.2. The minimum atomic E-state index is -0.293. The molecule has 1 fully saturated rings. The highest BCUT2D eigenvalue weighted by atomic mass is 16.6. The molecule has 110 valence electrons. The van der Waals surface area contributed by atoms with Gasteiger partial charge >= 0.3 is 6.09 Å². The van der Waals surface area contributed by atoms with Crippen molar-refractivity contribution in [1.29, 1.82) is 0 Å². The smallest absolute Gasteiger partial charge is 0.410 e. The third-order valence-electron chi connectivity index (χ3n) is 3.11. The van der Waals surface area contributed by atoms with Crippen LogP contribution >= 0.6 is 0 Å². The summed E-state index contributed by atoms with van der Waals surface area (Å²) in [5.74, 6) is 0. The molecule has 0 saturated carbocycles. The molecule has 1 aromatic carbocycles. The fourth-order valence-electron chi connectivity index (χ4n) is 2.05. The monoisotopic (exact) mass is 279 g/mol. The first-order valence-electron chi connectivity index (χ1n) is 6.94. The molecule has 1 amide bonds. The van der Waals surface area contributed by atoms with E-state index in [1.165, 1.54) is 0 Å². The van der Waals surface area contributed by atoms with Crippen LogP contribution in [0.3, 0.4) is 0 Å². The minimum absolute atomic E-state index is 0.0621. The highest BCUT2D eigenvalue weighted by Gasteiger charge is 2.25. The molecule has 0 radical (unpaired) electrons. The SMILES string of the molecule is CCOC[C@@H]1CN(C(=O)OCc2ccccc2)CCO1. The number of rotatable bonds is 5. The van der Waals surface area contributed by atoms with E-state index in [2.05, 4.69) is 0 Å². The van der Waals surface area contributed by atoms with Gasteiger partial charge in [-0.1, -0.05) is 30.3 Å². The van der Waals surface area contributed by atoms with Crippen molar-refractivity contribution in [2.45, 2.75) is 19.6 Å². The molecule has 0 aromatic heterocycles. The lowest BCUT2D eigenvalue weighted by Gasteiger charge is -2.32. The van der Waals surface area contributed by atoms with E-state index in [0.717, 1.165) is 5.56 Å². The van der Waals surface area contributed by atoms with Crippen molar-refractivity contribution in [1.82, 2.24) is 4.90 Å². The van der Waals surface area contributed by atoms with Gasteiger partial charge in [-0.15, -0.1) is 0 Å². The normalized spacial score (nSPS) is 18.9. The van der Waals surface area contributed by atoms with E-state index < -0.39 is 0 Å². The van der Waals surface area contributed by atoms with Crippen LogP contribution in [0.1, 0.15) is 12.5 Å². The van der Waals surface area contributed by atoms with Crippen LogP contribution in [-0.2, 0) is 20.8 Å². The van der Waals surface area contributed by atoms with Crippen molar-refractivity contribution in [2.75, 3.05) is 32.9 Å². The third-order valence-corrected chi connectivity index (χ3v) is 3.11. The molecule has 1 aromatic rings. The summed E-state index contributed by atoms with van der Waals surface area (Å²) >= 11 is 0. The number of carbonyl (C=O) groups is 1. The highest BCUT2D eigenvalue weighted by molar-refractivity contribution is 5.67. The number of amides is 1. The molecule has 20 heavy (non-hydrogen) atoms. The topological polar surface area (TPSA) is 48.0 Å². The van der Waals surface area contributed by atoms with Crippen molar-refractivity contribution >= 4 is 6.09 Å². The summed E-state index contributed by atoms with van der Waals surface area (Å²) in [4.78, 5) is 13.7. The Hall–Kier alpha value is -1.59. The minimum Gasteiger partial charge on any atom is -0.445 e. The van der Waals surface area contributed by atoms with Crippen molar-refractivity contribution in [3.63, 3.8) is 0 Å². The van der Waals surface area contributed by atoms with Crippen LogP contribution in [0.4, 0.5) is 4.79 Å². The maximum atomic E-state index is 12.0. The van der Waals surface area contributed by atoms with Gasteiger partial charge < -0.3 is 19.1 Å². The molecule has 5 nitrogen and oxygen atoms in total. The summed E-state index contributed by atoms with van der Waals surface area (Å²) in [5.41, 5.74) is 0.986. The van der Waals surface area contributed by atoms with Gasteiger partial charge in [0.05, 0.1) is 25.9 Å². The molecule has 0 aliphatic carbocycles. The molecule has 1 aliphatic heterocycles. The number of ether oxygens (including phenoxy) is 3. The van der Waals surface area contributed by atoms with E-state index in [1.807, 2.05) is 37.3 Å². The largest absolute Gasteiger partial charge is 0.445 e. The van der Waals surface area contributed by atoms with Crippen molar-refractivity contribution in [2.24, 2.45) is 0 Å². The van der Waals surface area contributed by atoms with Gasteiger partial charge in [-0.3, -0.25) is 0 Å². The molecule has 0 spiro atoms. The standard InChI is InChI=1S/C15H21NO4/c1-2-18-12-14-10-16(8-9-19-14)15(17)20-11-13-6-4-3-5-7-13/h3-7,14H,2,8-12H2,1H3/t14-/m0/s1. The quantitative estimate of drug-likeness (QED) is 0.828. The molecule has 5 heteroatoms. The summed E-state index contributed by atoms with van der Waals surface area (Å²) in [6.45, 7) is 5.02. The molecular formula is C15H21NO4. The Morgan fingerprint density at radius 1 is 1.40 bits per heavy atom. The molecule has 0 bridgehead atoms. The van der Waals surface area contributed by atoms with Crippen molar-refractivity contribution in [3.8, 4) is 0 Å². The Bertz CT molecular complexity index is 410. The Labute approximate surface area is 119 Å². The molecule has 1 aliphatic rings. The number of hydrogen-bond donors (Lipinski definition) is 0. The number of benzene rings is 1.